The maximum Gasteiger partial charge on any atom is 0.119 e. The molecule has 1 atom stereocenters. The summed E-state index contributed by atoms with van der Waals surface area (Å²) in [7, 11) is 2.04. The highest BCUT2D eigenvalue weighted by Gasteiger charge is 2.14. The summed E-state index contributed by atoms with van der Waals surface area (Å²) < 4.78 is 7.59. The number of aromatic nitrogens is 2. The lowest BCUT2D eigenvalue weighted by atomic mass is 10.0. The highest BCUT2D eigenvalue weighted by Crippen LogP contribution is 2.21. The second kappa shape index (κ2) is 7.84. The van der Waals surface area contributed by atoms with E-state index in [0.29, 0.717) is 6.61 Å². The molecule has 0 aliphatic rings. The van der Waals surface area contributed by atoms with Crippen molar-refractivity contribution in [1.29, 1.82) is 0 Å². The molecule has 0 aliphatic heterocycles. The first-order chi connectivity index (χ1) is 10.2. The molecule has 21 heavy (non-hydrogen) atoms. The minimum Gasteiger partial charge on any atom is -0.494 e. The Balaban J connectivity index is 2.12. The molecule has 1 heterocycles. The molecule has 1 aromatic heterocycles. The molecule has 0 radical (unpaired) electrons. The van der Waals surface area contributed by atoms with E-state index in [4.69, 9.17) is 4.74 Å². The predicted octanol–water partition coefficient (Wildman–Crippen LogP) is 3.10. The maximum absolute atomic E-state index is 5.51. The molecule has 0 spiro atoms. The van der Waals surface area contributed by atoms with E-state index >= 15 is 0 Å². The number of nitrogens with zero attached hydrogens (tertiary/aromatic N) is 2. The highest BCUT2D eigenvalue weighted by atomic mass is 16.5. The van der Waals surface area contributed by atoms with Crippen LogP contribution in [0.25, 0.3) is 0 Å². The zero-order valence-corrected chi connectivity index (χ0v) is 13.2. The van der Waals surface area contributed by atoms with Crippen molar-refractivity contribution in [3.63, 3.8) is 0 Å². The Bertz CT molecular complexity index is 533. The molecule has 4 nitrogen and oxygen atoms in total. The van der Waals surface area contributed by atoms with Crippen LogP contribution >= 0.6 is 0 Å². The third-order valence-corrected chi connectivity index (χ3v) is 3.54. The summed E-state index contributed by atoms with van der Waals surface area (Å²) in [5.74, 6) is 2.02. The van der Waals surface area contributed by atoms with Gasteiger partial charge in [0.25, 0.3) is 0 Å². The van der Waals surface area contributed by atoms with E-state index in [9.17, 15) is 0 Å². The smallest absolute Gasteiger partial charge is 0.119 e. The molecule has 1 N–H and O–H groups in total. The van der Waals surface area contributed by atoms with Crippen molar-refractivity contribution in [2.24, 2.45) is 7.05 Å². The standard InChI is InChI=1S/C17H25N3O/c1-4-10-18-16(13-17-19-11-12-20(17)3)14-6-8-15(9-7-14)21-5-2/h6-9,11-12,16,18H,4-5,10,13H2,1-3H3. The van der Waals surface area contributed by atoms with Gasteiger partial charge in [-0.25, -0.2) is 4.98 Å². The average molecular weight is 287 g/mol. The SMILES string of the molecule is CCCNC(Cc1nccn1C)c1ccc(OCC)cc1. The molecule has 2 aromatic rings. The van der Waals surface area contributed by atoms with Crippen LogP contribution in [0.4, 0.5) is 0 Å². The number of ether oxygens (including phenoxy) is 1. The third kappa shape index (κ3) is 4.33. The minimum absolute atomic E-state index is 0.279. The molecule has 2 rings (SSSR count). The monoisotopic (exact) mass is 287 g/mol. The van der Waals surface area contributed by atoms with E-state index in [1.807, 2.05) is 38.5 Å². The molecule has 0 bridgehead atoms. The molecule has 1 aromatic carbocycles. The first kappa shape index (κ1) is 15.6. The van der Waals surface area contributed by atoms with Crippen molar-refractivity contribution in [3.05, 3.63) is 48.0 Å². The number of benzene rings is 1. The third-order valence-electron chi connectivity index (χ3n) is 3.54. The Morgan fingerprint density at radius 1 is 1.24 bits per heavy atom. The van der Waals surface area contributed by atoms with Crippen molar-refractivity contribution in [2.75, 3.05) is 13.2 Å². The number of hydrogen-bond acceptors (Lipinski definition) is 3. The van der Waals surface area contributed by atoms with E-state index in [-0.39, 0.29) is 6.04 Å². The zero-order chi connectivity index (χ0) is 15.1. The fourth-order valence-electron chi connectivity index (χ4n) is 2.37. The summed E-state index contributed by atoms with van der Waals surface area (Å²) in [6.07, 6.45) is 5.85. The lowest BCUT2D eigenvalue weighted by Gasteiger charge is -2.19. The van der Waals surface area contributed by atoms with Crippen molar-refractivity contribution in [1.82, 2.24) is 14.9 Å². The van der Waals surface area contributed by atoms with Gasteiger partial charge in [-0.2, -0.15) is 0 Å². The lowest BCUT2D eigenvalue weighted by Crippen LogP contribution is -2.25. The van der Waals surface area contributed by atoms with Crippen LogP contribution in [0.1, 0.15) is 37.7 Å². The van der Waals surface area contributed by atoms with E-state index < -0.39 is 0 Å². The highest BCUT2D eigenvalue weighted by molar-refractivity contribution is 5.29. The maximum atomic E-state index is 5.51. The van der Waals surface area contributed by atoms with E-state index in [1.165, 1.54) is 5.56 Å². The minimum atomic E-state index is 0.279. The summed E-state index contributed by atoms with van der Waals surface area (Å²) in [6.45, 7) is 5.88. The van der Waals surface area contributed by atoms with Crippen LogP contribution in [0.2, 0.25) is 0 Å². The second-order valence-corrected chi connectivity index (χ2v) is 5.17. The summed E-state index contributed by atoms with van der Waals surface area (Å²) >= 11 is 0. The quantitative estimate of drug-likeness (QED) is 0.811. The predicted molar refractivity (Wildman–Crippen MR) is 85.6 cm³/mol. The largest absolute Gasteiger partial charge is 0.494 e. The first-order valence-electron chi connectivity index (χ1n) is 7.67. The number of nitrogens with one attached hydrogen (secondary N) is 1. The zero-order valence-electron chi connectivity index (χ0n) is 13.2. The van der Waals surface area contributed by atoms with Crippen molar-refractivity contribution in [2.45, 2.75) is 32.7 Å². The molecular weight excluding hydrogens is 262 g/mol. The summed E-state index contributed by atoms with van der Waals surface area (Å²) in [5, 5.41) is 3.61. The van der Waals surface area contributed by atoms with Crippen molar-refractivity contribution >= 4 is 0 Å². The molecule has 0 fully saturated rings. The molecule has 4 heteroatoms. The van der Waals surface area contributed by atoms with Crippen LogP contribution in [-0.2, 0) is 13.5 Å². The number of aryl methyl sites for hydroxylation is 1. The fourth-order valence-corrected chi connectivity index (χ4v) is 2.37. The normalized spacial score (nSPS) is 12.3. The summed E-state index contributed by atoms with van der Waals surface area (Å²) in [6, 6.07) is 8.64. The molecule has 0 saturated heterocycles. The molecule has 0 amide bonds. The summed E-state index contributed by atoms with van der Waals surface area (Å²) in [5.41, 5.74) is 1.27. The van der Waals surface area contributed by atoms with Gasteiger partial charge in [-0.15, -0.1) is 0 Å². The van der Waals surface area contributed by atoms with Gasteiger partial charge < -0.3 is 14.6 Å². The Labute approximate surface area is 127 Å². The van der Waals surface area contributed by atoms with Gasteiger partial charge in [0.1, 0.15) is 11.6 Å². The van der Waals surface area contributed by atoms with Gasteiger partial charge in [0.2, 0.25) is 0 Å². The Morgan fingerprint density at radius 3 is 2.57 bits per heavy atom. The fraction of sp³-hybridized carbons (Fsp3) is 0.471. The first-order valence-corrected chi connectivity index (χ1v) is 7.67. The van der Waals surface area contributed by atoms with E-state index in [1.54, 1.807) is 0 Å². The van der Waals surface area contributed by atoms with E-state index in [0.717, 1.165) is 31.0 Å². The second-order valence-electron chi connectivity index (χ2n) is 5.17. The number of hydrogen-bond donors (Lipinski definition) is 1. The van der Waals surface area contributed by atoms with Crippen molar-refractivity contribution in [3.8, 4) is 5.75 Å². The summed E-state index contributed by atoms with van der Waals surface area (Å²) in [4.78, 5) is 4.43. The van der Waals surface area contributed by atoms with Gasteiger partial charge in [-0.3, -0.25) is 0 Å². The van der Waals surface area contributed by atoms with Crippen molar-refractivity contribution < 1.29 is 4.74 Å². The molecular formula is C17H25N3O. The van der Waals surface area contributed by atoms with Gasteiger partial charge in [-0.1, -0.05) is 19.1 Å². The van der Waals surface area contributed by atoms with Gasteiger partial charge in [0.05, 0.1) is 6.61 Å². The molecule has 0 aliphatic carbocycles. The average Bonchev–Trinajstić information content (AvgIpc) is 2.90. The Morgan fingerprint density at radius 2 is 2.00 bits per heavy atom. The van der Waals surface area contributed by atoms with Crippen LogP contribution in [-0.4, -0.2) is 22.7 Å². The van der Waals surface area contributed by atoms with Crippen LogP contribution in [0.5, 0.6) is 5.75 Å². The number of rotatable bonds is 8. The van der Waals surface area contributed by atoms with Crippen LogP contribution in [0.3, 0.4) is 0 Å². The Hall–Kier alpha value is -1.81. The van der Waals surface area contributed by atoms with Gasteiger partial charge >= 0.3 is 0 Å². The van der Waals surface area contributed by atoms with E-state index in [2.05, 4.69) is 33.9 Å². The van der Waals surface area contributed by atoms with Gasteiger partial charge in [0.15, 0.2) is 0 Å². The number of imidazole rings is 1. The lowest BCUT2D eigenvalue weighted by molar-refractivity contribution is 0.340. The Kier molecular flexibility index (Phi) is 5.81. The molecule has 0 saturated carbocycles. The molecule has 1 unspecified atom stereocenters. The van der Waals surface area contributed by atoms with Gasteiger partial charge in [0, 0.05) is 31.9 Å². The van der Waals surface area contributed by atoms with Crippen LogP contribution in [0.15, 0.2) is 36.7 Å². The van der Waals surface area contributed by atoms with Gasteiger partial charge in [-0.05, 0) is 37.6 Å². The van der Waals surface area contributed by atoms with Crippen LogP contribution in [0, 0.1) is 0 Å². The molecule has 114 valence electrons. The topological polar surface area (TPSA) is 39.1 Å². The van der Waals surface area contributed by atoms with Crippen LogP contribution < -0.4 is 10.1 Å².